The molecule has 178 valence electrons. The highest BCUT2D eigenvalue weighted by Gasteiger charge is 2.43. The minimum absolute atomic E-state index is 0.116. The Hall–Kier alpha value is -4.34. The summed E-state index contributed by atoms with van der Waals surface area (Å²) in [7, 11) is 0. The Labute approximate surface area is 198 Å². The molecule has 0 aliphatic carbocycles. The van der Waals surface area contributed by atoms with Crippen molar-refractivity contribution in [2.45, 2.75) is 26.2 Å². The van der Waals surface area contributed by atoms with Gasteiger partial charge in [0.25, 0.3) is 5.56 Å². The van der Waals surface area contributed by atoms with E-state index in [1.165, 1.54) is 23.1 Å². The van der Waals surface area contributed by atoms with Crippen molar-refractivity contribution in [1.82, 2.24) is 14.8 Å². The molecule has 1 aliphatic rings. The largest absolute Gasteiger partial charge is 0.586 e. The highest BCUT2D eigenvalue weighted by molar-refractivity contribution is 5.93. The number of hydrogen-bond donors (Lipinski definition) is 0. The number of carbonyl (C=O) groups excluding carboxylic acids is 1. The molecule has 0 spiro atoms. The maximum Gasteiger partial charge on any atom is 0.586 e. The molecule has 0 saturated carbocycles. The Kier molecular flexibility index (Phi) is 5.64. The number of halogens is 2. The molecule has 0 N–H and O–H groups in total. The lowest BCUT2D eigenvalue weighted by Gasteiger charge is -2.22. The highest BCUT2D eigenvalue weighted by atomic mass is 19.3. The zero-order valence-corrected chi connectivity index (χ0v) is 18.6. The van der Waals surface area contributed by atoms with Crippen molar-refractivity contribution in [2.75, 3.05) is 11.4 Å². The number of ether oxygens (including phenoxy) is 2. The molecular formula is C25H20F2N4O4. The monoisotopic (exact) mass is 478 g/mol. The summed E-state index contributed by atoms with van der Waals surface area (Å²) in [5, 5.41) is 5.66. The first-order valence-corrected chi connectivity index (χ1v) is 10.9. The molecule has 2 aromatic carbocycles. The molecule has 2 aromatic heterocycles. The number of carbonyl (C=O) groups is 1. The van der Waals surface area contributed by atoms with Crippen LogP contribution in [0, 0.1) is 0 Å². The van der Waals surface area contributed by atoms with Crippen LogP contribution in [-0.4, -0.2) is 33.5 Å². The summed E-state index contributed by atoms with van der Waals surface area (Å²) in [5.41, 5.74) is 1.48. The molecule has 1 aliphatic heterocycles. The summed E-state index contributed by atoms with van der Waals surface area (Å²) in [5.74, 6) is -0.719. The summed E-state index contributed by atoms with van der Waals surface area (Å²) in [4.78, 5) is 31.9. The number of hydrogen-bond acceptors (Lipinski definition) is 6. The number of benzene rings is 2. The van der Waals surface area contributed by atoms with Gasteiger partial charge in [-0.15, -0.1) is 8.78 Å². The van der Waals surface area contributed by atoms with Crippen LogP contribution < -0.4 is 19.9 Å². The summed E-state index contributed by atoms with van der Waals surface area (Å²) in [6, 6.07) is 14.9. The van der Waals surface area contributed by atoms with Gasteiger partial charge in [-0.05, 0) is 36.8 Å². The van der Waals surface area contributed by atoms with Gasteiger partial charge in [0.2, 0.25) is 5.91 Å². The minimum atomic E-state index is -3.75. The molecule has 0 bridgehead atoms. The van der Waals surface area contributed by atoms with Crippen molar-refractivity contribution in [3.8, 4) is 11.5 Å². The first-order chi connectivity index (χ1) is 16.8. The lowest BCUT2D eigenvalue weighted by Crippen LogP contribution is -2.37. The minimum Gasteiger partial charge on any atom is -0.395 e. The lowest BCUT2D eigenvalue weighted by atomic mass is 10.1. The first kappa shape index (κ1) is 22.5. The molecule has 0 saturated heterocycles. The predicted molar refractivity (Wildman–Crippen MR) is 124 cm³/mol. The van der Waals surface area contributed by atoms with Crippen molar-refractivity contribution >= 4 is 22.4 Å². The van der Waals surface area contributed by atoms with Gasteiger partial charge in [-0.2, -0.15) is 5.10 Å². The second-order valence-electron chi connectivity index (χ2n) is 7.93. The van der Waals surface area contributed by atoms with Crippen molar-refractivity contribution in [3.05, 3.63) is 88.6 Å². The third-order valence-electron chi connectivity index (χ3n) is 5.64. The average molecular weight is 478 g/mol. The number of alkyl halides is 2. The molecule has 1 amide bonds. The third kappa shape index (κ3) is 4.42. The van der Waals surface area contributed by atoms with E-state index in [0.29, 0.717) is 28.6 Å². The standard InChI is InChI=1S/C25H20F2N4O4/c1-2-30(17-9-10-21-22(13-17)35-25(26,27)34-21)23(32)15-31-24(33)19-8-4-3-7-18(19)20(29-31)12-16-6-5-11-28-14-16/h3-11,13-14H,2,12,15H2,1H3. The smallest absolute Gasteiger partial charge is 0.395 e. The van der Waals surface area contributed by atoms with Crippen LogP contribution in [0.15, 0.2) is 71.8 Å². The fourth-order valence-electron chi connectivity index (χ4n) is 4.06. The van der Waals surface area contributed by atoms with Crippen molar-refractivity contribution < 1.29 is 23.0 Å². The summed E-state index contributed by atoms with van der Waals surface area (Å²) < 4.78 is 36.8. The zero-order valence-electron chi connectivity index (χ0n) is 18.6. The van der Waals surface area contributed by atoms with E-state index in [0.717, 1.165) is 10.2 Å². The third-order valence-corrected chi connectivity index (χ3v) is 5.64. The van der Waals surface area contributed by atoms with Crippen molar-refractivity contribution in [2.24, 2.45) is 0 Å². The van der Waals surface area contributed by atoms with E-state index in [2.05, 4.69) is 19.6 Å². The number of nitrogens with zero attached hydrogens (tertiary/aromatic N) is 4. The normalized spacial score (nSPS) is 13.7. The van der Waals surface area contributed by atoms with Crippen LogP contribution >= 0.6 is 0 Å². The van der Waals surface area contributed by atoms with Gasteiger partial charge < -0.3 is 14.4 Å². The van der Waals surface area contributed by atoms with E-state index in [1.807, 2.05) is 24.3 Å². The van der Waals surface area contributed by atoms with Crippen molar-refractivity contribution in [1.29, 1.82) is 0 Å². The van der Waals surface area contributed by atoms with E-state index in [4.69, 9.17) is 0 Å². The van der Waals surface area contributed by atoms with Crippen LogP contribution in [0.5, 0.6) is 11.5 Å². The Morgan fingerprint density at radius 3 is 2.57 bits per heavy atom. The van der Waals surface area contributed by atoms with Gasteiger partial charge in [0, 0.05) is 42.5 Å². The molecular weight excluding hydrogens is 458 g/mol. The number of aromatic nitrogens is 3. The quantitative estimate of drug-likeness (QED) is 0.420. The number of rotatable bonds is 6. The van der Waals surface area contributed by atoms with Crippen LogP contribution in [0.1, 0.15) is 18.2 Å². The average Bonchev–Trinajstić information content (AvgIpc) is 3.16. The van der Waals surface area contributed by atoms with Crippen LogP contribution in [0.25, 0.3) is 10.8 Å². The van der Waals surface area contributed by atoms with Crippen LogP contribution in [-0.2, 0) is 17.8 Å². The van der Waals surface area contributed by atoms with Crippen LogP contribution in [0.4, 0.5) is 14.5 Å². The van der Waals surface area contributed by atoms with Gasteiger partial charge in [0.05, 0.1) is 11.1 Å². The number of amides is 1. The van der Waals surface area contributed by atoms with Crippen LogP contribution in [0.3, 0.4) is 0 Å². The molecule has 4 aromatic rings. The van der Waals surface area contributed by atoms with Crippen molar-refractivity contribution in [3.63, 3.8) is 0 Å². The lowest BCUT2D eigenvalue weighted by molar-refractivity contribution is -0.286. The van der Waals surface area contributed by atoms with E-state index in [-0.39, 0.29) is 24.6 Å². The van der Waals surface area contributed by atoms with Gasteiger partial charge in [-0.3, -0.25) is 14.6 Å². The molecule has 3 heterocycles. The Morgan fingerprint density at radius 1 is 1.06 bits per heavy atom. The Morgan fingerprint density at radius 2 is 1.83 bits per heavy atom. The molecule has 35 heavy (non-hydrogen) atoms. The molecule has 10 heteroatoms. The molecule has 8 nitrogen and oxygen atoms in total. The number of fused-ring (bicyclic) bond motifs is 2. The molecule has 5 rings (SSSR count). The van der Waals surface area contributed by atoms with Gasteiger partial charge in [-0.1, -0.05) is 24.3 Å². The van der Waals surface area contributed by atoms with E-state index >= 15 is 0 Å². The number of likely N-dealkylation sites (N-methyl/N-ethyl adjacent to an activating group) is 1. The van der Waals surface area contributed by atoms with Gasteiger partial charge in [-0.25, -0.2) is 4.68 Å². The maximum absolute atomic E-state index is 13.4. The Bertz CT molecular complexity index is 1470. The van der Waals surface area contributed by atoms with Gasteiger partial charge in [0.1, 0.15) is 6.54 Å². The fourth-order valence-corrected chi connectivity index (χ4v) is 4.06. The summed E-state index contributed by atoms with van der Waals surface area (Å²) in [6.45, 7) is 1.64. The van der Waals surface area contributed by atoms with Crippen LogP contribution in [0.2, 0.25) is 0 Å². The van der Waals surface area contributed by atoms with Gasteiger partial charge in [0.15, 0.2) is 11.5 Å². The highest BCUT2D eigenvalue weighted by Crippen LogP contribution is 2.42. The fraction of sp³-hybridized carbons (Fsp3) is 0.200. The number of anilines is 1. The zero-order chi connectivity index (χ0) is 24.6. The molecule has 0 radical (unpaired) electrons. The van der Waals surface area contributed by atoms with E-state index < -0.39 is 17.8 Å². The second-order valence-corrected chi connectivity index (χ2v) is 7.93. The SMILES string of the molecule is CCN(C(=O)Cn1nc(Cc2cccnc2)c2ccccc2c1=O)c1ccc2c(c1)OC(F)(F)O2. The molecule has 0 fully saturated rings. The maximum atomic E-state index is 13.4. The second kappa shape index (κ2) is 8.79. The topological polar surface area (TPSA) is 86.6 Å². The molecule has 0 unspecified atom stereocenters. The van der Waals surface area contributed by atoms with E-state index in [1.54, 1.807) is 31.5 Å². The van der Waals surface area contributed by atoms with Gasteiger partial charge >= 0.3 is 6.29 Å². The van der Waals surface area contributed by atoms with E-state index in [9.17, 15) is 18.4 Å². The summed E-state index contributed by atoms with van der Waals surface area (Å²) >= 11 is 0. The predicted octanol–water partition coefficient (Wildman–Crippen LogP) is 3.76. The number of pyridine rings is 1. The molecule has 0 atom stereocenters. The summed E-state index contributed by atoms with van der Waals surface area (Å²) in [6.07, 6.45) is 0.0654. The first-order valence-electron chi connectivity index (χ1n) is 10.9. The Balaban J connectivity index is 1.47.